The molecule has 4 nitrogen and oxygen atoms in total. The summed E-state index contributed by atoms with van der Waals surface area (Å²) >= 11 is 7.26. The van der Waals surface area contributed by atoms with E-state index in [0.29, 0.717) is 22.1 Å². The van der Waals surface area contributed by atoms with Crippen molar-refractivity contribution in [3.63, 3.8) is 0 Å². The van der Waals surface area contributed by atoms with Gasteiger partial charge in [-0.05, 0) is 36.1 Å². The Morgan fingerprint density at radius 3 is 2.81 bits per heavy atom. The molecule has 0 spiro atoms. The van der Waals surface area contributed by atoms with Gasteiger partial charge in [0.1, 0.15) is 0 Å². The van der Waals surface area contributed by atoms with E-state index in [-0.39, 0.29) is 18.2 Å². The lowest BCUT2D eigenvalue weighted by Gasteiger charge is -2.09. The molecule has 0 radical (unpaired) electrons. The Bertz CT molecular complexity index is 641. The van der Waals surface area contributed by atoms with Crippen molar-refractivity contribution in [3.05, 3.63) is 51.2 Å². The van der Waals surface area contributed by atoms with Crippen LogP contribution in [0.2, 0.25) is 5.02 Å². The molecule has 0 saturated carbocycles. The number of halogens is 1. The average Bonchev–Trinajstić information content (AvgIpc) is 2.97. The largest absolute Gasteiger partial charge is 0.351 e. The van der Waals surface area contributed by atoms with Crippen LogP contribution in [0.25, 0.3) is 0 Å². The van der Waals surface area contributed by atoms with Crippen LogP contribution in [0.4, 0.5) is 5.69 Å². The highest BCUT2D eigenvalue weighted by Gasteiger charge is 2.08. The first-order valence-electron chi connectivity index (χ1n) is 6.44. The molecule has 0 aliphatic rings. The second kappa shape index (κ2) is 7.24. The molecule has 110 valence electrons. The second-order valence-corrected chi connectivity index (χ2v) is 5.87. The van der Waals surface area contributed by atoms with Crippen molar-refractivity contribution >= 4 is 40.4 Å². The Morgan fingerprint density at radius 2 is 2.10 bits per heavy atom. The van der Waals surface area contributed by atoms with Gasteiger partial charge in [0, 0.05) is 23.7 Å². The zero-order valence-electron chi connectivity index (χ0n) is 11.5. The standard InChI is InChI=1S/C15H15ClN2O2S/c1-10-4-5-11(16)9-12(10)18-14(19)6-7-17-15(20)13-3-2-8-21-13/h2-5,8-9H,6-7H2,1H3,(H,17,20)(H,18,19). The maximum Gasteiger partial charge on any atom is 0.261 e. The molecule has 1 aromatic heterocycles. The van der Waals surface area contributed by atoms with Crippen LogP contribution in [-0.2, 0) is 4.79 Å². The Balaban J connectivity index is 1.80. The third-order valence-corrected chi connectivity index (χ3v) is 3.96. The van der Waals surface area contributed by atoms with Gasteiger partial charge >= 0.3 is 0 Å². The predicted octanol–water partition coefficient (Wildman–Crippen LogP) is 3.47. The van der Waals surface area contributed by atoms with Crippen LogP contribution in [0.15, 0.2) is 35.7 Å². The summed E-state index contributed by atoms with van der Waals surface area (Å²) in [5.41, 5.74) is 1.63. The van der Waals surface area contributed by atoms with E-state index in [9.17, 15) is 9.59 Å². The van der Waals surface area contributed by atoms with Crippen molar-refractivity contribution in [2.75, 3.05) is 11.9 Å². The average molecular weight is 323 g/mol. The van der Waals surface area contributed by atoms with E-state index >= 15 is 0 Å². The van der Waals surface area contributed by atoms with Crippen molar-refractivity contribution < 1.29 is 9.59 Å². The van der Waals surface area contributed by atoms with E-state index in [1.165, 1.54) is 11.3 Å². The maximum atomic E-state index is 11.8. The number of nitrogens with one attached hydrogen (secondary N) is 2. The fourth-order valence-electron chi connectivity index (χ4n) is 1.73. The van der Waals surface area contributed by atoms with Gasteiger partial charge in [0.15, 0.2) is 0 Å². The Kier molecular flexibility index (Phi) is 5.36. The molecule has 0 atom stereocenters. The van der Waals surface area contributed by atoms with Gasteiger partial charge in [-0.3, -0.25) is 9.59 Å². The summed E-state index contributed by atoms with van der Waals surface area (Å²) < 4.78 is 0. The van der Waals surface area contributed by atoms with E-state index < -0.39 is 0 Å². The van der Waals surface area contributed by atoms with Crippen LogP contribution < -0.4 is 10.6 Å². The summed E-state index contributed by atoms with van der Waals surface area (Å²) in [5.74, 6) is -0.316. The highest BCUT2D eigenvalue weighted by molar-refractivity contribution is 7.12. The van der Waals surface area contributed by atoms with Crippen LogP contribution in [0, 0.1) is 6.92 Å². The number of hydrogen-bond donors (Lipinski definition) is 2. The monoisotopic (exact) mass is 322 g/mol. The minimum absolute atomic E-state index is 0.156. The second-order valence-electron chi connectivity index (χ2n) is 4.49. The number of amides is 2. The quantitative estimate of drug-likeness (QED) is 0.885. The highest BCUT2D eigenvalue weighted by Crippen LogP contribution is 2.20. The molecule has 6 heteroatoms. The smallest absolute Gasteiger partial charge is 0.261 e. The Morgan fingerprint density at radius 1 is 1.29 bits per heavy atom. The summed E-state index contributed by atoms with van der Waals surface area (Å²) in [4.78, 5) is 24.2. The Labute approximate surface area is 132 Å². The SMILES string of the molecule is Cc1ccc(Cl)cc1NC(=O)CCNC(=O)c1cccs1. The lowest BCUT2D eigenvalue weighted by molar-refractivity contribution is -0.116. The first kappa shape index (κ1) is 15.5. The van der Waals surface area contributed by atoms with Crippen molar-refractivity contribution in [1.82, 2.24) is 5.32 Å². The molecule has 1 heterocycles. The lowest BCUT2D eigenvalue weighted by atomic mass is 10.2. The molecular formula is C15H15ClN2O2S. The summed E-state index contributed by atoms with van der Waals surface area (Å²) in [6, 6.07) is 8.88. The minimum atomic E-state index is -0.160. The number of carbonyl (C=O) groups excluding carboxylic acids is 2. The number of aryl methyl sites for hydroxylation is 1. The number of thiophene rings is 1. The Hall–Kier alpha value is -1.85. The molecule has 0 unspecified atom stereocenters. The number of rotatable bonds is 5. The van der Waals surface area contributed by atoms with E-state index in [4.69, 9.17) is 11.6 Å². The first-order valence-corrected chi connectivity index (χ1v) is 7.70. The van der Waals surface area contributed by atoms with E-state index in [0.717, 1.165) is 5.56 Å². The number of hydrogen-bond acceptors (Lipinski definition) is 3. The first-order chi connectivity index (χ1) is 10.1. The van der Waals surface area contributed by atoms with Crippen molar-refractivity contribution in [2.45, 2.75) is 13.3 Å². The van der Waals surface area contributed by atoms with Crippen LogP contribution in [0.3, 0.4) is 0 Å². The van der Waals surface area contributed by atoms with Gasteiger partial charge in [0.05, 0.1) is 4.88 Å². The summed E-state index contributed by atoms with van der Waals surface area (Å²) in [6.07, 6.45) is 0.211. The third kappa shape index (κ3) is 4.58. The zero-order valence-corrected chi connectivity index (χ0v) is 13.1. The highest BCUT2D eigenvalue weighted by atomic mass is 35.5. The van der Waals surface area contributed by atoms with Gasteiger partial charge in [-0.2, -0.15) is 0 Å². The number of anilines is 1. The van der Waals surface area contributed by atoms with Crippen LogP contribution in [0.1, 0.15) is 21.7 Å². The topological polar surface area (TPSA) is 58.2 Å². The molecule has 0 saturated heterocycles. The van der Waals surface area contributed by atoms with Crippen molar-refractivity contribution in [3.8, 4) is 0 Å². The molecule has 1 aromatic carbocycles. The molecule has 2 aromatic rings. The van der Waals surface area contributed by atoms with Crippen LogP contribution >= 0.6 is 22.9 Å². The fourth-order valence-corrected chi connectivity index (χ4v) is 2.54. The normalized spacial score (nSPS) is 10.2. The van der Waals surface area contributed by atoms with Crippen LogP contribution in [-0.4, -0.2) is 18.4 Å². The van der Waals surface area contributed by atoms with Gasteiger partial charge in [-0.15, -0.1) is 11.3 Å². The van der Waals surface area contributed by atoms with Crippen molar-refractivity contribution in [1.29, 1.82) is 0 Å². The van der Waals surface area contributed by atoms with E-state index in [2.05, 4.69) is 10.6 Å². The molecule has 21 heavy (non-hydrogen) atoms. The zero-order chi connectivity index (χ0) is 15.2. The van der Waals surface area contributed by atoms with Crippen LogP contribution in [0.5, 0.6) is 0 Å². The predicted molar refractivity (Wildman–Crippen MR) is 86.1 cm³/mol. The van der Waals surface area contributed by atoms with Gasteiger partial charge < -0.3 is 10.6 Å². The molecule has 2 rings (SSSR count). The molecule has 0 fully saturated rings. The lowest BCUT2D eigenvalue weighted by Crippen LogP contribution is -2.27. The van der Waals surface area contributed by atoms with Gasteiger partial charge in [-0.1, -0.05) is 23.7 Å². The maximum absolute atomic E-state index is 11.8. The van der Waals surface area contributed by atoms with Crippen molar-refractivity contribution in [2.24, 2.45) is 0 Å². The van der Waals surface area contributed by atoms with E-state index in [1.807, 2.05) is 24.4 Å². The van der Waals surface area contributed by atoms with Gasteiger partial charge in [0.25, 0.3) is 5.91 Å². The minimum Gasteiger partial charge on any atom is -0.351 e. The van der Waals surface area contributed by atoms with Gasteiger partial charge in [0.2, 0.25) is 5.91 Å². The molecular weight excluding hydrogens is 308 g/mol. The van der Waals surface area contributed by atoms with Gasteiger partial charge in [-0.25, -0.2) is 0 Å². The molecule has 0 bridgehead atoms. The fraction of sp³-hybridized carbons (Fsp3) is 0.200. The molecule has 2 amide bonds. The molecule has 2 N–H and O–H groups in total. The molecule has 0 aliphatic carbocycles. The number of benzene rings is 1. The summed E-state index contributed by atoms with van der Waals surface area (Å²) in [5, 5.41) is 7.91. The molecule has 0 aliphatic heterocycles. The summed E-state index contributed by atoms with van der Waals surface area (Å²) in [7, 11) is 0. The third-order valence-electron chi connectivity index (χ3n) is 2.86. The summed E-state index contributed by atoms with van der Waals surface area (Å²) in [6.45, 7) is 2.19. The number of carbonyl (C=O) groups is 2. The van der Waals surface area contributed by atoms with E-state index in [1.54, 1.807) is 18.2 Å².